The summed E-state index contributed by atoms with van der Waals surface area (Å²) < 4.78 is 5.68. The fourth-order valence-corrected chi connectivity index (χ4v) is 2.47. The normalized spacial score (nSPS) is 17.2. The Balaban J connectivity index is 2.04. The van der Waals surface area contributed by atoms with Gasteiger partial charge in [-0.25, -0.2) is 0 Å². The van der Waals surface area contributed by atoms with Gasteiger partial charge in [0.1, 0.15) is 6.10 Å². The molecule has 0 aromatic heterocycles. The fraction of sp³-hybridized carbons (Fsp3) is 0.278. The maximum absolute atomic E-state index is 12.1. The molecule has 2 nitrogen and oxygen atoms in total. The highest BCUT2D eigenvalue weighted by molar-refractivity contribution is 5.95. The Morgan fingerprint density at radius 3 is 2.50 bits per heavy atom. The van der Waals surface area contributed by atoms with Gasteiger partial charge in [0.25, 0.3) is 0 Å². The van der Waals surface area contributed by atoms with Crippen LogP contribution in [-0.4, -0.2) is 5.97 Å². The zero-order valence-electron chi connectivity index (χ0n) is 12.0. The van der Waals surface area contributed by atoms with Gasteiger partial charge in [-0.15, -0.1) is 0 Å². The van der Waals surface area contributed by atoms with Crippen LogP contribution >= 0.6 is 0 Å². The monoisotopic (exact) mass is 266 g/mol. The van der Waals surface area contributed by atoms with Crippen molar-refractivity contribution in [3.63, 3.8) is 0 Å². The van der Waals surface area contributed by atoms with Gasteiger partial charge >= 0.3 is 5.97 Å². The minimum Gasteiger partial charge on any atom is -0.453 e. The molecule has 0 saturated heterocycles. The average molecular weight is 266 g/mol. The Hall–Kier alpha value is -2.09. The maximum Gasteiger partial charge on any atom is 0.312 e. The van der Waals surface area contributed by atoms with Crippen LogP contribution in [-0.2, 0) is 9.53 Å². The summed E-state index contributed by atoms with van der Waals surface area (Å²) in [7, 11) is 0. The first-order valence-corrected chi connectivity index (χ1v) is 6.88. The van der Waals surface area contributed by atoms with E-state index < -0.39 is 5.41 Å². The van der Waals surface area contributed by atoms with E-state index in [0.29, 0.717) is 0 Å². The topological polar surface area (TPSA) is 26.3 Å². The minimum atomic E-state index is -0.487. The lowest BCUT2D eigenvalue weighted by molar-refractivity contribution is -0.156. The summed E-state index contributed by atoms with van der Waals surface area (Å²) in [5, 5.41) is 2.37. The summed E-state index contributed by atoms with van der Waals surface area (Å²) in [6.45, 7) is 5.61. The predicted octanol–water partition coefficient (Wildman–Crippen LogP) is 4.50. The van der Waals surface area contributed by atoms with E-state index in [-0.39, 0.29) is 12.1 Å². The van der Waals surface area contributed by atoms with Gasteiger partial charge in [0.05, 0.1) is 5.41 Å². The highest BCUT2D eigenvalue weighted by Crippen LogP contribution is 2.36. The van der Waals surface area contributed by atoms with E-state index in [1.54, 1.807) is 0 Å². The summed E-state index contributed by atoms with van der Waals surface area (Å²) in [4.78, 5) is 12.1. The van der Waals surface area contributed by atoms with E-state index in [0.717, 1.165) is 5.56 Å². The number of carbonyl (C=O) groups is 1. The molecule has 2 aromatic carbocycles. The van der Waals surface area contributed by atoms with E-state index in [2.05, 4.69) is 18.2 Å². The lowest BCUT2D eigenvalue weighted by atomic mass is 9.91. The molecule has 2 heteroatoms. The average Bonchev–Trinajstić information content (AvgIpc) is 2.41. The van der Waals surface area contributed by atoms with Gasteiger partial charge in [0.2, 0.25) is 0 Å². The SMILES string of the molecule is CC(C)(C)C(=O)OC1C=Cc2cccc3cccc1c23. The summed E-state index contributed by atoms with van der Waals surface area (Å²) >= 11 is 0. The molecule has 0 bridgehead atoms. The van der Waals surface area contributed by atoms with Crippen LogP contribution in [0.3, 0.4) is 0 Å². The summed E-state index contributed by atoms with van der Waals surface area (Å²) in [6, 6.07) is 12.4. The smallest absolute Gasteiger partial charge is 0.312 e. The summed E-state index contributed by atoms with van der Waals surface area (Å²) in [5.41, 5.74) is 1.76. The standard InChI is InChI=1S/C18H18O2/c1-18(2,3)17(19)20-15-11-10-13-7-4-6-12-8-5-9-14(15)16(12)13/h4-11,15H,1-3H3. The molecular formula is C18H18O2. The molecule has 1 aliphatic carbocycles. The molecule has 1 atom stereocenters. The molecule has 0 amide bonds. The van der Waals surface area contributed by atoms with Crippen molar-refractivity contribution in [1.29, 1.82) is 0 Å². The van der Waals surface area contributed by atoms with Crippen molar-refractivity contribution in [2.45, 2.75) is 26.9 Å². The third-order valence-corrected chi connectivity index (χ3v) is 3.57. The van der Waals surface area contributed by atoms with Gasteiger partial charge in [-0.05, 0) is 43.2 Å². The highest BCUT2D eigenvalue weighted by Gasteiger charge is 2.28. The van der Waals surface area contributed by atoms with Crippen LogP contribution in [0.2, 0.25) is 0 Å². The lowest BCUT2D eigenvalue weighted by Gasteiger charge is -2.25. The molecule has 2 aromatic rings. The molecule has 102 valence electrons. The van der Waals surface area contributed by atoms with Crippen LogP contribution in [0.5, 0.6) is 0 Å². The number of hydrogen-bond donors (Lipinski definition) is 0. The second-order valence-corrected chi connectivity index (χ2v) is 6.23. The molecule has 0 N–H and O–H groups in total. The van der Waals surface area contributed by atoms with Crippen LogP contribution < -0.4 is 0 Å². The molecule has 0 aliphatic heterocycles. The van der Waals surface area contributed by atoms with Crippen molar-refractivity contribution in [1.82, 2.24) is 0 Å². The summed E-state index contributed by atoms with van der Waals surface area (Å²) in [6.07, 6.45) is 3.71. The van der Waals surface area contributed by atoms with Crippen molar-refractivity contribution >= 4 is 22.8 Å². The predicted molar refractivity (Wildman–Crippen MR) is 81.3 cm³/mol. The molecular weight excluding hydrogens is 248 g/mol. The first-order chi connectivity index (χ1) is 9.47. The molecule has 3 rings (SSSR count). The Morgan fingerprint density at radius 1 is 1.10 bits per heavy atom. The number of ether oxygens (including phenoxy) is 1. The fourth-order valence-electron chi connectivity index (χ4n) is 2.47. The van der Waals surface area contributed by atoms with Crippen LogP contribution in [0.1, 0.15) is 38.0 Å². The zero-order chi connectivity index (χ0) is 14.3. The van der Waals surface area contributed by atoms with Gasteiger partial charge in [-0.2, -0.15) is 0 Å². The van der Waals surface area contributed by atoms with E-state index in [9.17, 15) is 4.79 Å². The number of benzene rings is 2. The van der Waals surface area contributed by atoms with Gasteiger partial charge in [-0.3, -0.25) is 4.79 Å². The third-order valence-electron chi connectivity index (χ3n) is 3.57. The molecule has 20 heavy (non-hydrogen) atoms. The molecule has 0 fully saturated rings. The van der Waals surface area contributed by atoms with E-state index in [1.165, 1.54) is 16.3 Å². The van der Waals surface area contributed by atoms with Gasteiger partial charge in [0, 0.05) is 5.56 Å². The Labute approximate surface area is 119 Å². The zero-order valence-corrected chi connectivity index (χ0v) is 12.0. The summed E-state index contributed by atoms with van der Waals surface area (Å²) in [5.74, 6) is -0.177. The molecule has 0 saturated carbocycles. The second kappa shape index (κ2) is 4.48. The van der Waals surface area contributed by atoms with Crippen molar-refractivity contribution in [3.05, 3.63) is 53.6 Å². The maximum atomic E-state index is 12.1. The number of hydrogen-bond acceptors (Lipinski definition) is 2. The second-order valence-electron chi connectivity index (χ2n) is 6.23. The van der Waals surface area contributed by atoms with Crippen molar-refractivity contribution in [2.24, 2.45) is 5.41 Å². The number of carbonyl (C=O) groups excluding carboxylic acids is 1. The Kier molecular flexibility index (Phi) is 2.89. The van der Waals surface area contributed by atoms with Crippen LogP contribution in [0.25, 0.3) is 16.8 Å². The van der Waals surface area contributed by atoms with Gasteiger partial charge in [0.15, 0.2) is 0 Å². The van der Waals surface area contributed by atoms with Gasteiger partial charge in [-0.1, -0.05) is 42.5 Å². The van der Waals surface area contributed by atoms with Crippen LogP contribution in [0.4, 0.5) is 0 Å². The Morgan fingerprint density at radius 2 is 1.80 bits per heavy atom. The van der Waals surface area contributed by atoms with Crippen molar-refractivity contribution in [3.8, 4) is 0 Å². The first-order valence-electron chi connectivity index (χ1n) is 6.88. The highest BCUT2D eigenvalue weighted by atomic mass is 16.5. The van der Waals surface area contributed by atoms with Crippen molar-refractivity contribution < 1.29 is 9.53 Å². The Bertz CT molecular complexity index is 700. The van der Waals surface area contributed by atoms with Crippen LogP contribution in [0.15, 0.2) is 42.5 Å². The number of rotatable bonds is 1. The third kappa shape index (κ3) is 2.11. The first kappa shape index (κ1) is 12.9. The van der Waals surface area contributed by atoms with Gasteiger partial charge < -0.3 is 4.74 Å². The van der Waals surface area contributed by atoms with E-state index in [1.807, 2.05) is 51.1 Å². The van der Waals surface area contributed by atoms with Crippen molar-refractivity contribution in [2.75, 3.05) is 0 Å². The van der Waals surface area contributed by atoms with E-state index >= 15 is 0 Å². The minimum absolute atomic E-state index is 0.177. The molecule has 0 spiro atoms. The van der Waals surface area contributed by atoms with Crippen LogP contribution in [0, 0.1) is 5.41 Å². The quantitative estimate of drug-likeness (QED) is 0.710. The largest absolute Gasteiger partial charge is 0.453 e. The number of esters is 1. The molecule has 1 unspecified atom stereocenters. The lowest BCUT2D eigenvalue weighted by Crippen LogP contribution is -2.25. The van der Waals surface area contributed by atoms with E-state index in [4.69, 9.17) is 4.74 Å². The molecule has 0 heterocycles. The molecule has 0 radical (unpaired) electrons. The molecule has 1 aliphatic rings.